The number of hydrogen-bond acceptors (Lipinski definition) is 5. The van der Waals surface area contributed by atoms with Crippen LogP contribution in [-0.2, 0) is 32.3 Å². The van der Waals surface area contributed by atoms with Crippen LogP contribution in [0.1, 0.15) is 40.4 Å². The summed E-state index contributed by atoms with van der Waals surface area (Å²) in [6.45, 7) is 7.24. The monoisotopic (exact) mass is 450 g/mol. The number of aromatic nitrogens is 2. The molecule has 0 atom stereocenters. The van der Waals surface area contributed by atoms with Crippen molar-refractivity contribution in [2.24, 2.45) is 5.41 Å². The highest BCUT2D eigenvalue weighted by Gasteiger charge is 2.43. The van der Waals surface area contributed by atoms with Crippen molar-refractivity contribution in [2.45, 2.75) is 63.6 Å². The van der Waals surface area contributed by atoms with Gasteiger partial charge in [0.2, 0.25) is 0 Å². The molecule has 7 nitrogen and oxygen atoms in total. The van der Waals surface area contributed by atoms with Crippen LogP contribution in [0.25, 0.3) is 11.0 Å². The lowest BCUT2D eigenvalue weighted by atomic mass is 9.92. The highest BCUT2D eigenvalue weighted by molar-refractivity contribution is 7.93. The number of hydrogen-bond donors (Lipinski definition) is 1. The number of rotatable bonds is 7. The number of alkyl halides is 3. The number of aliphatic carboxylic acids is 1. The molecule has 2 aromatic rings. The Kier molecular flexibility index (Phi) is 6.31. The maximum Gasteiger partial charge on any atom is 0.522 e. The van der Waals surface area contributed by atoms with Crippen molar-refractivity contribution in [3.05, 3.63) is 24.0 Å². The third kappa shape index (κ3) is 5.12. The van der Waals surface area contributed by atoms with E-state index in [1.165, 1.54) is 18.2 Å². The topological polar surface area (TPSA) is 98.5 Å². The fraction of sp³-hybridized carbons (Fsp3) is 0.579. The van der Waals surface area contributed by atoms with E-state index >= 15 is 0 Å². The first kappa shape index (κ1) is 24.1. The van der Waals surface area contributed by atoms with Gasteiger partial charge in [-0.15, -0.1) is 13.2 Å². The van der Waals surface area contributed by atoms with Gasteiger partial charge in [-0.1, -0.05) is 20.8 Å². The average Bonchev–Trinajstić information content (AvgIpc) is 2.88. The Morgan fingerprint density at radius 1 is 1.17 bits per heavy atom. The van der Waals surface area contributed by atoms with E-state index < -0.39 is 33.5 Å². The third-order valence-corrected chi connectivity index (χ3v) is 6.96. The number of sulfone groups is 1. The van der Waals surface area contributed by atoms with Crippen molar-refractivity contribution < 1.29 is 36.2 Å². The molecule has 0 saturated carbocycles. The van der Waals surface area contributed by atoms with Gasteiger partial charge in [-0.2, -0.15) is 0 Å². The van der Waals surface area contributed by atoms with E-state index in [0.717, 1.165) is 13.8 Å². The molecule has 168 valence electrons. The van der Waals surface area contributed by atoms with Gasteiger partial charge in [-0.25, -0.2) is 13.4 Å². The largest absolute Gasteiger partial charge is 0.522 e. The van der Waals surface area contributed by atoms with Crippen LogP contribution < -0.4 is 0 Å². The predicted octanol–water partition coefficient (Wildman–Crippen LogP) is 3.80. The van der Waals surface area contributed by atoms with E-state index in [1.807, 2.05) is 20.8 Å². The molecular weight excluding hydrogens is 425 g/mol. The Labute approximate surface area is 172 Å². The average molecular weight is 450 g/mol. The van der Waals surface area contributed by atoms with Crippen LogP contribution in [-0.4, -0.2) is 46.8 Å². The molecule has 1 heterocycles. The van der Waals surface area contributed by atoms with Gasteiger partial charge in [0.15, 0.2) is 14.6 Å². The van der Waals surface area contributed by atoms with Crippen molar-refractivity contribution in [3.8, 4) is 0 Å². The zero-order valence-corrected chi connectivity index (χ0v) is 18.2. The lowest BCUT2D eigenvalue weighted by Gasteiger charge is -2.20. The summed E-state index contributed by atoms with van der Waals surface area (Å²) in [5.74, 6) is -1.01. The Balaban J connectivity index is 2.55. The predicted molar refractivity (Wildman–Crippen MR) is 104 cm³/mol. The molecule has 0 aliphatic carbocycles. The van der Waals surface area contributed by atoms with Crippen molar-refractivity contribution in [1.29, 1.82) is 0 Å². The number of halogens is 3. The van der Waals surface area contributed by atoms with Crippen LogP contribution in [0.15, 0.2) is 23.1 Å². The summed E-state index contributed by atoms with van der Waals surface area (Å²) in [5.41, 5.74) is 0.458. The summed E-state index contributed by atoms with van der Waals surface area (Å²) in [6, 6.07) is 3.92. The summed E-state index contributed by atoms with van der Waals surface area (Å²) < 4.78 is 66.0. The molecule has 1 N–H and O–H groups in total. The molecule has 0 aliphatic rings. The smallest absolute Gasteiger partial charge is 0.480 e. The highest BCUT2D eigenvalue weighted by Crippen LogP contribution is 2.30. The molecule has 1 aromatic heterocycles. The summed E-state index contributed by atoms with van der Waals surface area (Å²) in [7, 11) is -4.23. The number of imidazole rings is 1. The van der Waals surface area contributed by atoms with E-state index in [4.69, 9.17) is 0 Å². The standard InChI is InChI=1S/C19H25F3N2O5S/c1-17(2,3)11-15-23-13-10-12(30(27,28)18(4,5)16(25)26)6-7-14(13)24(15)8-9-29-19(20,21)22/h6-7,10H,8-9,11H2,1-5H3,(H,25,26). The lowest BCUT2D eigenvalue weighted by molar-refractivity contribution is -0.325. The van der Waals surface area contributed by atoms with Gasteiger partial charge in [-0.05, 0) is 37.5 Å². The second-order valence-corrected chi connectivity index (χ2v) is 11.2. The van der Waals surface area contributed by atoms with Crippen molar-refractivity contribution in [3.63, 3.8) is 0 Å². The quantitative estimate of drug-likeness (QED) is 0.689. The highest BCUT2D eigenvalue weighted by atomic mass is 32.2. The second kappa shape index (κ2) is 7.84. The first-order valence-electron chi connectivity index (χ1n) is 9.13. The molecule has 0 saturated heterocycles. The van der Waals surface area contributed by atoms with Gasteiger partial charge in [0.25, 0.3) is 0 Å². The van der Waals surface area contributed by atoms with Gasteiger partial charge in [0.1, 0.15) is 5.82 Å². The molecule has 2 rings (SSSR count). The first-order valence-corrected chi connectivity index (χ1v) is 10.6. The Hall–Kier alpha value is -2.14. The minimum absolute atomic E-state index is 0.131. The minimum atomic E-state index is -4.76. The summed E-state index contributed by atoms with van der Waals surface area (Å²) in [4.78, 5) is 15.6. The number of benzene rings is 1. The molecule has 0 radical (unpaired) electrons. The molecule has 0 spiro atoms. The Morgan fingerprint density at radius 3 is 2.27 bits per heavy atom. The van der Waals surface area contributed by atoms with Crippen molar-refractivity contribution in [1.82, 2.24) is 9.55 Å². The zero-order valence-electron chi connectivity index (χ0n) is 17.4. The van der Waals surface area contributed by atoms with E-state index in [-0.39, 0.29) is 22.4 Å². The van der Waals surface area contributed by atoms with Crippen LogP contribution in [0.4, 0.5) is 13.2 Å². The molecule has 0 bridgehead atoms. The van der Waals surface area contributed by atoms with Gasteiger partial charge >= 0.3 is 12.3 Å². The van der Waals surface area contributed by atoms with Crippen LogP contribution in [0.2, 0.25) is 0 Å². The van der Waals surface area contributed by atoms with Crippen LogP contribution in [0.3, 0.4) is 0 Å². The Morgan fingerprint density at radius 2 is 1.77 bits per heavy atom. The van der Waals surface area contributed by atoms with Crippen LogP contribution in [0.5, 0.6) is 0 Å². The maximum absolute atomic E-state index is 12.8. The van der Waals surface area contributed by atoms with E-state index in [2.05, 4.69) is 9.72 Å². The molecule has 0 amide bonds. The normalized spacial score (nSPS) is 13.7. The van der Waals surface area contributed by atoms with Gasteiger partial charge in [-0.3, -0.25) is 9.53 Å². The van der Waals surface area contributed by atoms with Crippen LogP contribution >= 0.6 is 0 Å². The molecule has 11 heteroatoms. The number of fused-ring (bicyclic) bond motifs is 1. The Bertz CT molecular complexity index is 1050. The van der Waals surface area contributed by atoms with E-state index in [9.17, 15) is 31.5 Å². The molecule has 0 fully saturated rings. The summed E-state index contributed by atoms with van der Waals surface area (Å²) >= 11 is 0. The number of carbonyl (C=O) groups is 1. The third-order valence-electron chi connectivity index (χ3n) is 4.56. The summed E-state index contributed by atoms with van der Waals surface area (Å²) in [6.07, 6.45) is -4.33. The fourth-order valence-corrected chi connectivity index (χ4v) is 4.18. The number of carboxylic acid groups (broad SMARTS) is 1. The fourth-order valence-electron chi connectivity index (χ4n) is 2.85. The minimum Gasteiger partial charge on any atom is -0.480 e. The van der Waals surface area contributed by atoms with Gasteiger partial charge in [0.05, 0.1) is 22.5 Å². The molecule has 30 heavy (non-hydrogen) atoms. The van der Waals surface area contributed by atoms with Crippen LogP contribution in [0, 0.1) is 5.41 Å². The summed E-state index contributed by atoms with van der Waals surface area (Å²) in [5, 5.41) is 9.29. The molecule has 0 aliphatic heterocycles. The lowest BCUT2D eigenvalue weighted by Crippen LogP contribution is -2.40. The number of ether oxygens (including phenoxy) is 1. The second-order valence-electron chi connectivity index (χ2n) is 8.68. The first-order chi connectivity index (χ1) is 13.5. The van der Waals surface area contributed by atoms with E-state index in [1.54, 1.807) is 4.57 Å². The van der Waals surface area contributed by atoms with E-state index in [0.29, 0.717) is 17.8 Å². The molecule has 1 aromatic carbocycles. The zero-order chi connectivity index (χ0) is 23.1. The number of nitrogens with zero attached hydrogens (tertiary/aromatic N) is 2. The number of carboxylic acids is 1. The maximum atomic E-state index is 12.8. The van der Waals surface area contributed by atoms with Crippen molar-refractivity contribution in [2.75, 3.05) is 6.61 Å². The SMILES string of the molecule is CC(C)(C)Cc1nc2cc(S(=O)(=O)C(C)(C)C(=O)O)ccc2n1CCOC(F)(F)F. The van der Waals surface area contributed by atoms with Crippen molar-refractivity contribution >= 4 is 26.8 Å². The van der Waals surface area contributed by atoms with Gasteiger partial charge in [0, 0.05) is 13.0 Å². The molecular formula is C19H25F3N2O5S. The molecule has 0 unspecified atom stereocenters. The van der Waals surface area contributed by atoms with Gasteiger partial charge < -0.3 is 9.67 Å².